The molecular formula is C23H29NO5. The number of ether oxygens (including phenoxy) is 4. The lowest BCUT2D eigenvalue weighted by atomic mass is 9.89. The lowest BCUT2D eigenvalue weighted by molar-refractivity contribution is -0.122. The van der Waals surface area contributed by atoms with Crippen LogP contribution in [-0.4, -0.2) is 32.3 Å². The van der Waals surface area contributed by atoms with E-state index in [0.717, 1.165) is 28.6 Å². The predicted molar refractivity (Wildman–Crippen MR) is 111 cm³/mol. The Bertz CT molecular complexity index is 832. The van der Waals surface area contributed by atoms with Crippen LogP contribution in [0.15, 0.2) is 42.5 Å². The van der Waals surface area contributed by atoms with Crippen LogP contribution in [0.5, 0.6) is 23.0 Å². The van der Waals surface area contributed by atoms with Crippen molar-refractivity contribution in [2.45, 2.75) is 44.8 Å². The Labute approximate surface area is 172 Å². The van der Waals surface area contributed by atoms with E-state index in [-0.39, 0.29) is 17.6 Å². The Balaban J connectivity index is 1.53. The Morgan fingerprint density at radius 3 is 2.41 bits per heavy atom. The van der Waals surface area contributed by atoms with Crippen LogP contribution in [0.2, 0.25) is 0 Å². The third-order valence-corrected chi connectivity index (χ3v) is 4.89. The van der Waals surface area contributed by atoms with E-state index in [9.17, 15) is 4.79 Å². The number of carbonyl (C=O) groups is 1. The largest absolute Gasteiger partial charge is 0.497 e. The first-order chi connectivity index (χ1) is 13.9. The van der Waals surface area contributed by atoms with E-state index in [1.165, 1.54) is 0 Å². The number of nitrogens with one attached hydrogen (secondary N) is 1. The molecule has 2 aromatic rings. The Kier molecular flexibility index (Phi) is 6.52. The van der Waals surface area contributed by atoms with E-state index in [4.69, 9.17) is 18.9 Å². The normalized spacial score (nSPS) is 16.9. The van der Waals surface area contributed by atoms with Crippen LogP contribution in [-0.2, 0) is 4.79 Å². The average molecular weight is 399 g/mol. The summed E-state index contributed by atoms with van der Waals surface area (Å²) in [5.74, 6) is 3.08. The number of carbonyl (C=O) groups excluding carboxylic acids is 1. The summed E-state index contributed by atoms with van der Waals surface area (Å²) in [6.45, 7) is 4.54. The Morgan fingerprint density at radius 1 is 1.07 bits per heavy atom. The van der Waals surface area contributed by atoms with Gasteiger partial charge in [-0.2, -0.15) is 0 Å². The molecule has 0 bridgehead atoms. The van der Waals surface area contributed by atoms with Crippen molar-refractivity contribution < 1.29 is 23.7 Å². The van der Waals surface area contributed by atoms with Crippen molar-refractivity contribution in [1.82, 2.24) is 5.32 Å². The summed E-state index contributed by atoms with van der Waals surface area (Å²) < 4.78 is 22.2. The van der Waals surface area contributed by atoms with Gasteiger partial charge in [0.15, 0.2) is 0 Å². The van der Waals surface area contributed by atoms with Gasteiger partial charge in [0, 0.05) is 18.4 Å². The number of rotatable bonds is 8. The summed E-state index contributed by atoms with van der Waals surface area (Å²) in [5.41, 5.74) is 0.600. The van der Waals surface area contributed by atoms with Crippen LogP contribution in [0, 0.1) is 0 Å². The summed E-state index contributed by atoms with van der Waals surface area (Å²) in [6.07, 6.45) is 1.73. The minimum Gasteiger partial charge on any atom is -0.497 e. The van der Waals surface area contributed by atoms with Gasteiger partial charge in [0.05, 0.1) is 26.9 Å². The zero-order chi connectivity index (χ0) is 20.9. The molecule has 0 spiro atoms. The molecule has 1 amide bonds. The standard InChI is InChI=1S/C23H29NO5/c1-23(2)15-20(19-14-18(27-4)11-12-21(19)29-23)24-22(25)6-5-13-28-17-9-7-16(26-3)8-10-17/h7-12,14,20H,5-6,13,15H2,1-4H3,(H,24,25)/t20-/m0/s1. The SMILES string of the molecule is COc1ccc(OCCCC(=O)N[C@H]2CC(C)(C)Oc3ccc(OC)cc32)cc1. The molecule has 0 aliphatic carbocycles. The molecule has 1 aliphatic heterocycles. The van der Waals surface area contributed by atoms with Gasteiger partial charge < -0.3 is 24.3 Å². The van der Waals surface area contributed by atoms with Gasteiger partial charge in [-0.25, -0.2) is 0 Å². The first-order valence-electron chi connectivity index (χ1n) is 9.83. The molecule has 0 aromatic heterocycles. The molecule has 2 aromatic carbocycles. The van der Waals surface area contributed by atoms with E-state index in [1.54, 1.807) is 14.2 Å². The molecule has 1 heterocycles. The zero-order valence-corrected chi connectivity index (χ0v) is 17.5. The van der Waals surface area contributed by atoms with Crippen LogP contribution < -0.4 is 24.3 Å². The lowest BCUT2D eigenvalue weighted by Crippen LogP contribution is -2.41. The van der Waals surface area contributed by atoms with Gasteiger partial charge in [-0.15, -0.1) is 0 Å². The second kappa shape index (κ2) is 9.07. The highest BCUT2D eigenvalue weighted by Gasteiger charge is 2.34. The quantitative estimate of drug-likeness (QED) is 0.671. The number of hydrogen-bond donors (Lipinski definition) is 1. The van der Waals surface area contributed by atoms with Gasteiger partial charge in [0.2, 0.25) is 5.91 Å². The van der Waals surface area contributed by atoms with E-state index in [1.807, 2.05) is 56.3 Å². The number of benzene rings is 2. The first kappa shape index (κ1) is 20.8. The molecule has 1 aliphatic rings. The number of amides is 1. The second-order valence-electron chi connectivity index (χ2n) is 7.72. The maximum Gasteiger partial charge on any atom is 0.220 e. The van der Waals surface area contributed by atoms with E-state index >= 15 is 0 Å². The molecular weight excluding hydrogens is 370 g/mol. The fourth-order valence-corrected chi connectivity index (χ4v) is 3.45. The van der Waals surface area contributed by atoms with E-state index in [0.29, 0.717) is 25.9 Å². The Hall–Kier alpha value is -2.89. The van der Waals surface area contributed by atoms with Crippen LogP contribution >= 0.6 is 0 Å². The molecule has 0 unspecified atom stereocenters. The fraction of sp³-hybridized carbons (Fsp3) is 0.435. The minimum absolute atomic E-state index is 0.000184. The molecule has 1 atom stereocenters. The van der Waals surface area contributed by atoms with Crippen molar-refractivity contribution >= 4 is 5.91 Å². The summed E-state index contributed by atoms with van der Waals surface area (Å²) in [6, 6.07) is 13.0. The monoisotopic (exact) mass is 399 g/mol. The zero-order valence-electron chi connectivity index (χ0n) is 17.5. The van der Waals surface area contributed by atoms with Gasteiger partial charge >= 0.3 is 0 Å². The molecule has 1 N–H and O–H groups in total. The highest BCUT2D eigenvalue weighted by Crippen LogP contribution is 2.41. The molecule has 0 saturated heterocycles. The molecule has 0 saturated carbocycles. The van der Waals surface area contributed by atoms with E-state index in [2.05, 4.69) is 5.32 Å². The number of methoxy groups -OCH3 is 2. The lowest BCUT2D eigenvalue weighted by Gasteiger charge is -2.38. The highest BCUT2D eigenvalue weighted by atomic mass is 16.5. The maximum absolute atomic E-state index is 12.5. The summed E-state index contributed by atoms with van der Waals surface area (Å²) >= 11 is 0. The van der Waals surface area contributed by atoms with Crippen LogP contribution in [0.1, 0.15) is 44.7 Å². The number of fused-ring (bicyclic) bond motifs is 1. The van der Waals surface area contributed by atoms with Crippen molar-refractivity contribution in [3.63, 3.8) is 0 Å². The second-order valence-corrected chi connectivity index (χ2v) is 7.72. The molecule has 6 heteroatoms. The topological polar surface area (TPSA) is 66.0 Å². The summed E-state index contributed by atoms with van der Waals surface area (Å²) in [7, 11) is 3.26. The molecule has 0 radical (unpaired) electrons. The predicted octanol–water partition coefficient (Wildman–Crippen LogP) is 4.28. The first-order valence-corrected chi connectivity index (χ1v) is 9.83. The minimum atomic E-state index is -0.350. The van der Waals surface area contributed by atoms with Crippen molar-refractivity contribution in [3.05, 3.63) is 48.0 Å². The molecule has 29 heavy (non-hydrogen) atoms. The fourth-order valence-electron chi connectivity index (χ4n) is 3.45. The smallest absolute Gasteiger partial charge is 0.220 e. The van der Waals surface area contributed by atoms with Gasteiger partial charge in [0.1, 0.15) is 28.6 Å². The van der Waals surface area contributed by atoms with Gasteiger partial charge in [-0.05, 0) is 62.7 Å². The summed E-state index contributed by atoms with van der Waals surface area (Å²) in [4.78, 5) is 12.5. The van der Waals surface area contributed by atoms with Gasteiger partial charge in [0.25, 0.3) is 0 Å². The van der Waals surface area contributed by atoms with Crippen molar-refractivity contribution in [1.29, 1.82) is 0 Å². The molecule has 156 valence electrons. The van der Waals surface area contributed by atoms with Crippen LogP contribution in [0.4, 0.5) is 0 Å². The van der Waals surface area contributed by atoms with Crippen LogP contribution in [0.3, 0.4) is 0 Å². The number of hydrogen-bond acceptors (Lipinski definition) is 5. The average Bonchev–Trinajstić information content (AvgIpc) is 2.70. The summed E-state index contributed by atoms with van der Waals surface area (Å²) in [5, 5.41) is 3.15. The maximum atomic E-state index is 12.5. The highest BCUT2D eigenvalue weighted by molar-refractivity contribution is 5.76. The van der Waals surface area contributed by atoms with Gasteiger partial charge in [-0.1, -0.05) is 0 Å². The molecule has 0 fully saturated rings. The third kappa shape index (κ3) is 5.56. The van der Waals surface area contributed by atoms with Crippen molar-refractivity contribution in [2.75, 3.05) is 20.8 Å². The van der Waals surface area contributed by atoms with Crippen molar-refractivity contribution in [3.8, 4) is 23.0 Å². The van der Waals surface area contributed by atoms with E-state index < -0.39 is 0 Å². The Morgan fingerprint density at radius 2 is 1.72 bits per heavy atom. The van der Waals surface area contributed by atoms with Crippen LogP contribution in [0.25, 0.3) is 0 Å². The van der Waals surface area contributed by atoms with Crippen molar-refractivity contribution in [2.24, 2.45) is 0 Å². The molecule has 3 rings (SSSR count). The van der Waals surface area contributed by atoms with Gasteiger partial charge in [-0.3, -0.25) is 4.79 Å². The third-order valence-electron chi connectivity index (χ3n) is 4.89. The molecule has 6 nitrogen and oxygen atoms in total.